The van der Waals surface area contributed by atoms with Gasteiger partial charge in [0.05, 0.1) is 17.2 Å². The second kappa shape index (κ2) is 12.5. The molecular weight excluding hydrogens is 530 g/mol. The number of hydrogen-bond donors (Lipinski definition) is 1. The Hall–Kier alpha value is -2.92. The summed E-state index contributed by atoms with van der Waals surface area (Å²) in [7, 11) is 0. The number of hydrogen-bond acceptors (Lipinski definition) is 3. The van der Waals surface area contributed by atoms with Crippen LogP contribution in [-0.2, 0) is 16.4 Å². The van der Waals surface area contributed by atoms with Crippen molar-refractivity contribution in [2.24, 2.45) is 17.8 Å². The standard InChI is InChI=1S/C33H39F4N3O/c34-30-12-11-27(20-29(30)33(35,36)37)39-31(41)28(10-3-1-2-4-15-40-16-5-6-17-40)24-13-14-32(21-26(32)19-24)25-9-7-8-23(18-25)22-38/h7-9,11-12,18,20,24,26,28H,1-6,10,13-17,19,21H2,(H,39,41)/t24-,26?,28?,32-/m1/s1. The lowest BCUT2D eigenvalue weighted by molar-refractivity contribution is -0.140. The molecule has 41 heavy (non-hydrogen) atoms. The fourth-order valence-corrected chi connectivity index (χ4v) is 7.38. The van der Waals surface area contributed by atoms with Crippen LogP contribution in [0.2, 0.25) is 0 Å². The lowest BCUT2D eigenvalue weighted by atomic mass is 9.72. The Balaban J connectivity index is 1.23. The molecule has 0 aromatic heterocycles. The normalized spacial score (nSPS) is 24.9. The van der Waals surface area contributed by atoms with Gasteiger partial charge < -0.3 is 10.2 Å². The number of nitriles is 1. The van der Waals surface area contributed by atoms with Gasteiger partial charge in [0.25, 0.3) is 0 Å². The topological polar surface area (TPSA) is 56.1 Å². The number of carbonyl (C=O) groups is 1. The summed E-state index contributed by atoms with van der Waals surface area (Å²) in [5.74, 6) is -1.35. The Morgan fingerprint density at radius 1 is 1.10 bits per heavy atom. The first-order valence-electron chi connectivity index (χ1n) is 15.1. The van der Waals surface area contributed by atoms with Crippen LogP contribution >= 0.6 is 0 Å². The Labute approximate surface area is 240 Å². The average molecular weight is 570 g/mol. The Kier molecular flexibility index (Phi) is 9.03. The molecule has 3 fully saturated rings. The number of rotatable bonds is 11. The van der Waals surface area contributed by atoms with Gasteiger partial charge in [-0.05, 0) is 124 Å². The number of nitrogens with one attached hydrogen (secondary N) is 1. The summed E-state index contributed by atoms with van der Waals surface area (Å²) in [6, 6.07) is 12.7. The highest BCUT2D eigenvalue weighted by atomic mass is 19.4. The van der Waals surface area contributed by atoms with Gasteiger partial charge in [0, 0.05) is 11.6 Å². The molecule has 1 heterocycles. The van der Waals surface area contributed by atoms with Crippen molar-refractivity contribution in [1.82, 2.24) is 4.90 Å². The highest BCUT2D eigenvalue weighted by Gasteiger charge is 2.58. The van der Waals surface area contributed by atoms with Crippen molar-refractivity contribution >= 4 is 11.6 Å². The number of nitrogens with zero attached hydrogens (tertiary/aromatic N) is 2. The van der Waals surface area contributed by atoms with E-state index >= 15 is 0 Å². The van der Waals surface area contributed by atoms with Crippen molar-refractivity contribution in [2.75, 3.05) is 25.0 Å². The number of anilines is 1. The van der Waals surface area contributed by atoms with Gasteiger partial charge in [0.1, 0.15) is 5.82 Å². The molecule has 0 bridgehead atoms. The van der Waals surface area contributed by atoms with E-state index in [2.05, 4.69) is 22.4 Å². The van der Waals surface area contributed by atoms with Crippen LogP contribution in [0, 0.1) is 34.9 Å². The molecule has 4 atom stereocenters. The molecule has 1 aliphatic heterocycles. The quantitative estimate of drug-likeness (QED) is 0.220. The molecule has 8 heteroatoms. The minimum Gasteiger partial charge on any atom is -0.326 e. The maximum absolute atomic E-state index is 13.8. The molecule has 1 N–H and O–H groups in total. The number of alkyl halides is 3. The molecule has 1 saturated heterocycles. The Bertz CT molecular complexity index is 1270. The van der Waals surface area contributed by atoms with Gasteiger partial charge in [0.2, 0.25) is 5.91 Å². The SMILES string of the molecule is N#Cc1cccc([C@]23CC[C@@H](C(CCCCCCN4CCCC4)C(=O)Nc4ccc(F)c(C(F)(F)F)c4)CC2C3)c1. The predicted molar refractivity (Wildman–Crippen MR) is 151 cm³/mol. The third kappa shape index (κ3) is 6.94. The molecule has 4 nitrogen and oxygen atoms in total. The van der Waals surface area contributed by atoms with E-state index in [9.17, 15) is 27.6 Å². The lowest BCUT2D eigenvalue weighted by Crippen LogP contribution is -2.33. The van der Waals surface area contributed by atoms with Crippen molar-refractivity contribution < 1.29 is 22.4 Å². The van der Waals surface area contributed by atoms with Gasteiger partial charge in [0.15, 0.2) is 0 Å². The van der Waals surface area contributed by atoms with Crippen molar-refractivity contribution in [3.63, 3.8) is 0 Å². The molecule has 220 valence electrons. The molecule has 2 aromatic carbocycles. The lowest BCUT2D eigenvalue weighted by Gasteiger charge is -2.33. The fourth-order valence-electron chi connectivity index (χ4n) is 7.38. The van der Waals surface area contributed by atoms with E-state index in [1.807, 2.05) is 18.2 Å². The van der Waals surface area contributed by atoms with Crippen LogP contribution in [0.5, 0.6) is 0 Å². The van der Waals surface area contributed by atoms with Crippen LogP contribution in [-0.4, -0.2) is 30.4 Å². The number of likely N-dealkylation sites (tertiary alicyclic amines) is 1. The number of halogens is 4. The highest BCUT2D eigenvalue weighted by Crippen LogP contribution is 2.64. The second-order valence-electron chi connectivity index (χ2n) is 12.3. The summed E-state index contributed by atoms with van der Waals surface area (Å²) in [6.07, 6.45) is 6.30. The molecule has 2 saturated carbocycles. The molecule has 5 rings (SSSR count). The van der Waals surface area contributed by atoms with Crippen LogP contribution in [0.1, 0.15) is 87.3 Å². The Morgan fingerprint density at radius 3 is 2.61 bits per heavy atom. The summed E-state index contributed by atoms with van der Waals surface area (Å²) in [5, 5.41) is 12.0. The molecular formula is C33H39F4N3O. The zero-order valence-corrected chi connectivity index (χ0v) is 23.5. The van der Waals surface area contributed by atoms with E-state index in [1.54, 1.807) is 0 Å². The van der Waals surface area contributed by atoms with Crippen molar-refractivity contribution in [2.45, 2.75) is 82.2 Å². The smallest absolute Gasteiger partial charge is 0.326 e. The van der Waals surface area contributed by atoms with Gasteiger partial charge >= 0.3 is 6.18 Å². The number of amides is 1. The molecule has 0 radical (unpaired) electrons. The molecule has 2 aromatic rings. The summed E-state index contributed by atoms with van der Waals surface area (Å²) >= 11 is 0. The monoisotopic (exact) mass is 569 g/mol. The molecule has 1 amide bonds. The minimum absolute atomic E-state index is 0.0239. The van der Waals surface area contributed by atoms with Crippen LogP contribution in [0.15, 0.2) is 42.5 Å². The van der Waals surface area contributed by atoms with Crippen molar-refractivity contribution in [1.29, 1.82) is 5.26 Å². The Morgan fingerprint density at radius 2 is 1.88 bits per heavy atom. The summed E-state index contributed by atoms with van der Waals surface area (Å²) < 4.78 is 53.7. The first-order chi connectivity index (χ1) is 19.7. The molecule has 2 unspecified atom stereocenters. The molecule has 2 aliphatic carbocycles. The third-order valence-corrected chi connectivity index (χ3v) is 9.73. The summed E-state index contributed by atoms with van der Waals surface area (Å²) in [6.45, 7) is 3.50. The van der Waals surface area contributed by atoms with E-state index in [0.29, 0.717) is 24.0 Å². The molecule has 3 aliphatic rings. The summed E-state index contributed by atoms with van der Waals surface area (Å²) in [4.78, 5) is 16.1. The largest absolute Gasteiger partial charge is 0.419 e. The predicted octanol–water partition coefficient (Wildman–Crippen LogP) is 8.08. The first-order valence-corrected chi connectivity index (χ1v) is 15.1. The second-order valence-corrected chi connectivity index (χ2v) is 12.3. The van der Waals surface area contributed by atoms with E-state index in [0.717, 1.165) is 64.0 Å². The maximum Gasteiger partial charge on any atom is 0.419 e. The van der Waals surface area contributed by atoms with Crippen LogP contribution in [0.3, 0.4) is 0 Å². The van der Waals surface area contributed by atoms with Crippen molar-refractivity contribution in [3.05, 3.63) is 65.0 Å². The van der Waals surface area contributed by atoms with Gasteiger partial charge in [-0.15, -0.1) is 0 Å². The number of benzene rings is 2. The van der Waals surface area contributed by atoms with Gasteiger partial charge in [-0.3, -0.25) is 4.79 Å². The first kappa shape index (κ1) is 29.6. The van der Waals surface area contributed by atoms with E-state index in [1.165, 1.54) is 37.6 Å². The zero-order chi connectivity index (χ0) is 29.0. The third-order valence-electron chi connectivity index (χ3n) is 9.73. The average Bonchev–Trinajstić information content (AvgIpc) is 3.47. The van der Waals surface area contributed by atoms with Gasteiger partial charge in [-0.2, -0.15) is 18.4 Å². The summed E-state index contributed by atoms with van der Waals surface area (Å²) in [5.41, 5.74) is 0.529. The van der Waals surface area contributed by atoms with Crippen LogP contribution in [0.25, 0.3) is 0 Å². The van der Waals surface area contributed by atoms with Crippen LogP contribution < -0.4 is 5.32 Å². The number of fused-ring (bicyclic) bond motifs is 1. The highest BCUT2D eigenvalue weighted by molar-refractivity contribution is 5.92. The number of unbranched alkanes of at least 4 members (excludes halogenated alkanes) is 3. The van der Waals surface area contributed by atoms with Crippen LogP contribution in [0.4, 0.5) is 23.2 Å². The zero-order valence-electron chi connectivity index (χ0n) is 23.5. The van der Waals surface area contributed by atoms with Gasteiger partial charge in [-0.25, -0.2) is 4.39 Å². The fraction of sp³-hybridized carbons (Fsp3) is 0.576. The van der Waals surface area contributed by atoms with E-state index in [4.69, 9.17) is 0 Å². The van der Waals surface area contributed by atoms with Gasteiger partial charge in [-0.1, -0.05) is 31.4 Å². The minimum atomic E-state index is -4.83. The maximum atomic E-state index is 13.8. The van der Waals surface area contributed by atoms with Crippen molar-refractivity contribution in [3.8, 4) is 6.07 Å². The number of carbonyl (C=O) groups excluding carboxylic acids is 1. The van der Waals surface area contributed by atoms with E-state index in [-0.39, 0.29) is 28.8 Å². The molecule has 0 spiro atoms. The van der Waals surface area contributed by atoms with E-state index < -0.39 is 17.6 Å².